The Balaban J connectivity index is 2.20. The Morgan fingerprint density at radius 2 is 2.16 bits per heavy atom. The lowest BCUT2D eigenvalue weighted by atomic mass is 10.1. The van der Waals surface area contributed by atoms with Crippen molar-refractivity contribution < 1.29 is 13.2 Å². The summed E-state index contributed by atoms with van der Waals surface area (Å²) in [6.07, 6.45) is 2.28. The number of hydrogen-bond acceptors (Lipinski definition) is 4. The molecule has 0 radical (unpaired) electrons. The van der Waals surface area contributed by atoms with Crippen LogP contribution in [-0.4, -0.2) is 15.0 Å². The Morgan fingerprint density at radius 3 is 2.68 bits per heavy atom. The lowest BCUT2D eigenvalue weighted by Crippen LogP contribution is -2.13. The van der Waals surface area contributed by atoms with Crippen molar-refractivity contribution in [2.24, 2.45) is 5.41 Å². The summed E-state index contributed by atoms with van der Waals surface area (Å²) in [5, 5.41) is 8.73. The third-order valence-electron chi connectivity index (χ3n) is 3.11. The van der Waals surface area contributed by atoms with E-state index in [0.717, 1.165) is 12.8 Å². The molecular formula is C12H11BrClNO3S. The van der Waals surface area contributed by atoms with Crippen LogP contribution in [0, 0.1) is 16.7 Å². The zero-order valence-corrected chi connectivity index (χ0v) is 13.1. The van der Waals surface area contributed by atoms with Gasteiger partial charge in [0.2, 0.25) is 0 Å². The van der Waals surface area contributed by atoms with Crippen LogP contribution in [0.4, 0.5) is 0 Å². The average molecular weight is 365 g/mol. The van der Waals surface area contributed by atoms with E-state index in [0.29, 0.717) is 17.5 Å². The van der Waals surface area contributed by atoms with Gasteiger partial charge in [-0.2, -0.15) is 5.26 Å². The van der Waals surface area contributed by atoms with Gasteiger partial charge in [-0.25, -0.2) is 8.42 Å². The number of benzene rings is 1. The standard InChI is InChI=1S/C12H11BrClNO3S/c13-9-1-2-10(11(7-9)19(14,16)17)18-8-12(3-4-12)5-6-15/h1-2,7H,3-5,8H2. The minimum Gasteiger partial charge on any atom is -0.492 e. The molecule has 0 spiro atoms. The summed E-state index contributed by atoms with van der Waals surface area (Å²) in [4.78, 5) is -0.0590. The van der Waals surface area contributed by atoms with Gasteiger partial charge in [-0.15, -0.1) is 0 Å². The quantitative estimate of drug-likeness (QED) is 0.751. The van der Waals surface area contributed by atoms with E-state index < -0.39 is 9.05 Å². The van der Waals surface area contributed by atoms with Crippen LogP contribution in [0.2, 0.25) is 0 Å². The molecule has 0 heterocycles. The molecule has 0 atom stereocenters. The molecule has 0 amide bonds. The van der Waals surface area contributed by atoms with E-state index in [1.165, 1.54) is 6.07 Å². The normalized spacial score (nSPS) is 16.7. The van der Waals surface area contributed by atoms with Crippen LogP contribution >= 0.6 is 26.6 Å². The molecule has 1 saturated carbocycles. The second kappa shape index (κ2) is 5.31. The minimum absolute atomic E-state index is 0.0590. The van der Waals surface area contributed by atoms with Gasteiger partial charge < -0.3 is 4.74 Å². The molecule has 0 N–H and O–H groups in total. The molecule has 1 aliphatic carbocycles. The van der Waals surface area contributed by atoms with Crippen molar-refractivity contribution in [2.45, 2.75) is 24.2 Å². The van der Waals surface area contributed by atoms with E-state index >= 15 is 0 Å². The van der Waals surface area contributed by atoms with E-state index in [4.69, 9.17) is 20.7 Å². The van der Waals surface area contributed by atoms with Gasteiger partial charge >= 0.3 is 0 Å². The first-order valence-corrected chi connectivity index (χ1v) is 8.71. The number of halogens is 2. The third kappa shape index (κ3) is 3.62. The summed E-state index contributed by atoms with van der Waals surface area (Å²) in [7, 11) is 1.52. The molecule has 1 aromatic rings. The maximum atomic E-state index is 11.5. The largest absolute Gasteiger partial charge is 0.492 e. The van der Waals surface area contributed by atoms with Crippen molar-refractivity contribution in [1.29, 1.82) is 5.26 Å². The first-order chi connectivity index (χ1) is 8.86. The summed E-state index contributed by atoms with van der Waals surface area (Å²) < 4.78 is 29.1. The predicted molar refractivity (Wildman–Crippen MR) is 74.6 cm³/mol. The Bertz CT molecular complexity index is 635. The Hall–Kier alpha value is -0.770. The lowest BCUT2D eigenvalue weighted by Gasteiger charge is -2.14. The third-order valence-corrected chi connectivity index (χ3v) is 4.95. The molecule has 1 aromatic carbocycles. The van der Waals surface area contributed by atoms with E-state index in [2.05, 4.69) is 22.0 Å². The summed E-state index contributed by atoms with van der Waals surface area (Å²) in [5.41, 5.74) is -0.116. The maximum Gasteiger partial charge on any atom is 0.265 e. The lowest BCUT2D eigenvalue weighted by molar-refractivity contribution is 0.231. The van der Waals surface area contributed by atoms with Gasteiger partial charge in [0, 0.05) is 27.0 Å². The first kappa shape index (κ1) is 14.6. The number of hydrogen-bond donors (Lipinski definition) is 0. The van der Waals surface area contributed by atoms with E-state index in [-0.39, 0.29) is 16.1 Å². The van der Waals surface area contributed by atoms with E-state index in [1.807, 2.05) is 0 Å². The first-order valence-electron chi connectivity index (χ1n) is 5.60. The summed E-state index contributed by atoms with van der Waals surface area (Å²) >= 11 is 3.19. The van der Waals surface area contributed by atoms with Crippen LogP contribution in [0.1, 0.15) is 19.3 Å². The molecule has 0 aromatic heterocycles. The van der Waals surface area contributed by atoms with Crippen molar-refractivity contribution in [3.8, 4) is 11.8 Å². The van der Waals surface area contributed by atoms with Crippen LogP contribution in [0.25, 0.3) is 0 Å². The van der Waals surface area contributed by atoms with Crippen molar-refractivity contribution in [2.75, 3.05) is 6.61 Å². The smallest absolute Gasteiger partial charge is 0.265 e. The molecule has 2 rings (SSSR count). The number of nitriles is 1. The predicted octanol–water partition coefficient (Wildman–Crippen LogP) is 3.45. The average Bonchev–Trinajstić information content (AvgIpc) is 3.07. The maximum absolute atomic E-state index is 11.5. The molecule has 4 nitrogen and oxygen atoms in total. The highest BCUT2D eigenvalue weighted by molar-refractivity contribution is 9.10. The van der Waals surface area contributed by atoms with Gasteiger partial charge in [-0.3, -0.25) is 0 Å². The molecule has 102 valence electrons. The highest BCUT2D eigenvalue weighted by Gasteiger charge is 2.43. The molecule has 1 fully saturated rings. The van der Waals surface area contributed by atoms with Crippen LogP contribution in [-0.2, 0) is 9.05 Å². The van der Waals surface area contributed by atoms with Crippen molar-refractivity contribution in [3.05, 3.63) is 22.7 Å². The molecule has 0 unspecified atom stereocenters. The highest BCUT2D eigenvalue weighted by atomic mass is 79.9. The minimum atomic E-state index is -3.86. The summed E-state index contributed by atoms with van der Waals surface area (Å²) in [6, 6.07) is 6.78. The molecule has 0 aliphatic heterocycles. The van der Waals surface area contributed by atoms with Gasteiger partial charge in [-0.05, 0) is 31.0 Å². The van der Waals surface area contributed by atoms with Gasteiger partial charge in [0.15, 0.2) is 0 Å². The van der Waals surface area contributed by atoms with Crippen molar-refractivity contribution >= 4 is 35.7 Å². The zero-order valence-electron chi connectivity index (χ0n) is 9.90. The number of nitrogens with zero attached hydrogens (tertiary/aromatic N) is 1. The fourth-order valence-electron chi connectivity index (χ4n) is 1.74. The van der Waals surface area contributed by atoms with Crippen LogP contribution in [0.3, 0.4) is 0 Å². The van der Waals surface area contributed by atoms with Crippen LogP contribution in [0.5, 0.6) is 5.75 Å². The van der Waals surface area contributed by atoms with Crippen molar-refractivity contribution in [1.82, 2.24) is 0 Å². The van der Waals surface area contributed by atoms with E-state index in [9.17, 15) is 8.42 Å². The molecule has 7 heteroatoms. The fraction of sp³-hybridized carbons (Fsp3) is 0.417. The molecule has 0 saturated heterocycles. The summed E-state index contributed by atoms with van der Waals surface area (Å²) in [5.74, 6) is 0.224. The van der Waals surface area contributed by atoms with Gasteiger partial charge in [0.25, 0.3) is 9.05 Å². The summed E-state index contributed by atoms with van der Waals surface area (Å²) in [6.45, 7) is 0.335. The van der Waals surface area contributed by atoms with Crippen molar-refractivity contribution in [3.63, 3.8) is 0 Å². The monoisotopic (exact) mass is 363 g/mol. The second-order valence-corrected chi connectivity index (χ2v) is 8.10. The highest BCUT2D eigenvalue weighted by Crippen LogP contribution is 2.49. The fourth-order valence-corrected chi connectivity index (χ4v) is 3.25. The van der Waals surface area contributed by atoms with Gasteiger partial charge in [0.05, 0.1) is 12.7 Å². The SMILES string of the molecule is N#CCC1(COc2ccc(Br)cc2S(=O)(=O)Cl)CC1. The molecular weight excluding hydrogens is 354 g/mol. The topological polar surface area (TPSA) is 67.2 Å². The Morgan fingerprint density at radius 1 is 1.47 bits per heavy atom. The Kier molecular flexibility index (Phi) is 4.09. The second-order valence-electron chi connectivity index (χ2n) is 4.65. The zero-order chi connectivity index (χ0) is 14.1. The Labute approximate surface area is 124 Å². The van der Waals surface area contributed by atoms with Crippen LogP contribution < -0.4 is 4.74 Å². The van der Waals surface area contributed by atoms with Crippen LogP contribution in [0.15, 0.2) is 27.6 Å². The molecule has 0 bridgehead atoms. The van der Waals surface area contributed by atoms with Gasteiger partial charge in [0.1, 0.15) is 10.6 Å². The van der Waals surface area contributed by atoms with E-state index in [1.54, 1.807) is 12.1 Å². The number of rotatable bonds is 5. The molecule has 1 aliphatic rings. The van der Waals surface area contributed by atoms with Gasteiger partial charge in [-0.1, -0.05) is 15.9 Å². The molecule has 19 heavy (non-hydrogen) atoms. The number of ether oxygens (including phenoxy) is 1.